The number of phenols is 1. The number of hydrogen-bond acceptors (Lipinski definition) is 4. The zero-order valence-electron chi connectivity index (χ0n) is 12.6. The molecular formula is C15H27N3O. The van der Waals surface area contributed by atoms with E-state index in [0.29, 0.717) is 5.75 Å². The van der Waals surface area contributed by atoms with Gasteiger partial charge in [-0.25, -0.2) is 0 Å². The summed E-state index contributed by atoms with van der Waals surface area (Å²) in [6, 6.07) is 5.97. The first-order valence-electron chi connectivity index (χ1n) is 6.80. The minimum Gasteiger partial charge on any atom is -0.507 e. The quantitative estimate of drug-likeness (QED) is 0.699. The van der Waals surface area contributed by atoms with Gasteiger partial charge in [-0.05, 0) is 47.7 Å². The number of phenolic OH excluding ortho intramolecular Hbond substituents is 1. The molecule has 0 aliphatic carbocycles. The number of nitrogens with one attached hydrogen (secondary N) is 1. The molecule has 1 aromatic carbocycles. The lowest BCUT2D eigenvalue weighted by molar-refractivity contribution is 0.382. The lowest BCUT2D eigenvalue weighted by Gasteiger charge is -2.14. The monoisotopic (exact) mass is 265 g/mol. The highest BCUT2D eigenvalue weighted by molar-refractivity contribution is 5.40. The molecule has 0 radical (unpaired) electrons. The second-order valence-corrected chi connectivity index (χ2v) is 5.50. The van der Waals surface area contributed by atoms with Crippen LogP contribution in [0.4, 0.5) is 0 Å². The molecular weight excluding hydrogens is 238 g/mol. The summed E-state index contributed by atoms with van der Waals surface area (Å²) in [5.41, 5.74) is 1.96. The molecule has 0 saturated carbocycles. The van der Waals surface area contributed by atoms with E-state index in [0.717, 1.165) is 43.7 Å². The Morgan fingerprint density at radius 3 is 2.37 bits per heavy atom. The van der Waals surface area contributed by atoms with Crippen LogP contribution in [0.5, 0.6) is 5.75 Å². The van der Waals surface area contributed by atoms with E-state index >= 15 is 0 Å². The van der Waals surface area contributed by atoms with Crippen molar-refractivity contribution in [2.75, 3.05) is 41.3 Å². The Labute approximate surface area is 117 Å². The summed E-state index contributed by atoms with van der Waals surface area (Å²) >= 11 is 0. The van der Waals surface area contributed by atoms with E-state index < -0.39 is 0 Å². The number of hydrogen-bond donors (Lipinski definition) is 2. The normalized spacial score (nSPS) is 11.5. The fourth-order valence-electron chi connectivity index (χ4n) is 2.00. The fraction of sp³-hybridized carbons (Fsp3) is 0.600. The molecule has 1 aromatic rings. The van der Waals surface area contributed by atoms with Crippen LogP contribution in [-0.2, 0) is 13.1 Å². The predicted octanol–water partition coefficient (Wildman–Crippen LogP) is 1.50. The molecule has 4 nitrogen and oxygen atoms in total. The zero-order valence-corrected chi connectivity index (χ0v) is 12.6. The third-order valence-corrected chi connectivity index (χ3v) is 2.96. The van der Waals surface area contributed by atoms with Crippen LogP contribution in [0.1, 0.15) is 17.5 Å². The number of para-hydroxylation sites is 1. The molecule has 108 valence electrons. The molecule has 0 saturated heterocycles. The molecule has 0 amide bonds. The van der Waals surface area contributed by atoms with E-state index in [4.69, 9.17) is 0 Å². The Morgan fingerprint density at radius 2 is 1.74 bits per heavy atom. The van der Waals surface area contributed by atoms with Crippen LogP contribution >= 0.6 is 0 Å². The van der Waals surface area contributed by atoms with E-state index in [1.165, 1.54) is 0 Å². The third kappa shape index (κ3) is 6.05. The second kappa shape index (κ2) is 8.15. The summed E-state index contributed by atoms with van der Waals surface area (Å²) in [5, 5.41) is 13.6. The minimum absolute atomic E-state index is 0.427. The first-order chi connectivity index (χ1) is 9.00. The predicted molar refractivity (Wildman–Crippen MR) is 80.4 cm³/mol. The average molecular weight is 265 g/mol. The molecule has 0 heterocycles. The van der Waals surface area contributed by atoms with Crippen LogP contribution in [0.25, 0.3) is 0 Å². The van der Waals surface area contributed by atoms with Gasteiger partial charge < -0.3 is 20.2 Å². The van der Waals surface area contributed by atoms with Crippen molar-refractivity contribution >= 4 is 0 Å². The summed E-state index contributed by atoms with van der Waals surface area (Å²) in [6.45, 7) is 3.54. The van der Waals surface area contributed by atoms with Gasteiger partial charge >= 0.3 is 0 Å². The van der Waals surface area contributed by atoms with Crippen LogP contribution in [0.15, 0.2) is 18.2 Å². The molecule has 0 fully saturated rings. The van der Waals surface area contributed by atoms with Gasteiger partial charge in [-0.3, -0.25) is 0 Å². The summed E-state index contributed by atoms with van der Waals surface area (Å²) < 4.78 is 0. The molecule has 0 spiro atoms. The number of benzene rings is 1. The SMILES string of the molecule is CN(C)CCCNCc1cccc(CN(C)C)c1O. The van der Waals surface area contributed by atoms with Crippen LogP contribution in [0.3, 0.4) is 0 Å². The fourth-order valence-corrected chi connectivity index (χ4v) is 2.00. The van der Waals surface area contributed by atoms with Crippen LogP contribution in [0, 0.1) is 0 Å². The molecule has 2 N–H and O–H groups in total. The Hall–Kier alpha value is -1.10. The van der Waals surface area contributed by atoms with Crippen molar-refractivity contribution in [3.63, 3.8) is 0 Å². The molecule has 0 atom stereocenters. The van der Waals surface area contributed by atoms with Crippen molar-refractivity contribution in [2.45, 2.75) is 19.5 Å². The summed E-state index contributed by atoms with van der Waals surface area (Å²) in [5.74, 6) is 0.427. The highest BCUT2D eigenvalue weighted by Gasteiger charge is 2.07. The van der Waals surface area contributed by atoms with Crippen LogP contribution in [-0.4, -0.2) is 56.2 Å². The van der Waals surface area contributed by atoms with Crippen LogP contribution < -0.4 is 5.32 Å². The van der Waals surface area contributed by atoms with Crippen molar-refractivity contribution in [3.05, 3.63) is 29.3 Å². The Morgan fingerprint density at radius 1 is 1.05 bits per heavy atom. The Balaban J connectivity index is 2.45. The average Bonchev–Trinajstić information content (AvgIpc) is 2.32. The van der Waals surface area contributed by atoms with E-state index in [1.807, 2.05) is 32.3 Å². The maximum absolute atomic E-state index is 10.2. The molecule has 1 rings (SSSR count). The maximum atomic E-state index is 10.2. The summed E-state index contributed by atoms with van der Waals surface area (Å²) in [4.78, 5) is 4.24. The number of aromatic hydroxyl groups is 1. The number of nitrogens with zero attached hydrogens (tertiary/aromatic N) is 2. The van der Waals surface area contributed by atoms with Crippen molar-refractivity contribution < 1.29 is 5.11 Å². The highest BCUT2D eigenvalue weighted by atomic mass is 16.3. The standard InChI is InChI=1S/C15H27N3O/c1-17(2)10-6-9-16-11-13-7-5-8-14(15(13)19)12-18(3)4/h5,7-8,16,19H,6,9-12H2,1-4H3. The van der Waals surface area contributed by atoms with E-state index in [-0.39, 0.29) is 0 Å². The van der Waals surface area contributed by atoms with Gasteiger partial charge in [0, 0.05) is 24.2 Å². The van der Waals surface area contributed by atoms with Gasteiger partial charge in [0.25, 0.3) is 0 Å². The maximum Gasteiger partial charge on any atom is 0.124 e. The van der Waals surface area contributed by atoms with Gasteiger partial charge in [0.15, 0.2) is 0 Å². The van der Waals surface area contributed by atoms with Crippen LogP contribution in [0.2, 0.25) is 0 Å². The van der Waals surface area contributed by atoms with E-state index in [9.17, 15) is 5.11 Å². The van der Waals surface area contributed by atoms with E-state index in [1.54, 1.807) is 0 Å². The molecule has 0 aliphatic heterocycles. The molecule has 0 bridgehead atoms. The minimum atomic E-state index is 0.427. The van der Waals surface area contributed by atoms with Gasteiger partial charge in [0.2, 0.25) is 0 Å². The lowest BCUT2D eigenvalue weighted by Crippen LogP contribution is -2.21. The number of rotatable bonds is 8. The second-order valence-electron chi connectivity index (χ2n) is 5.50. The largest absolute Gasteiger partial charge is 0.507 e. The van der Waals surface area contributed by atoms with Gasteiger partial charge in [0.05, 0.1) is 0 Å². The first kappa shape index (κ1) is 16.0. The molecule has 4 heteroatoms. The molecule has 0 aliphatic rings. The van der Waals surface area contributed by atoms with Crippen molar-refractivity contribution in [2.24, 2.45) is 0 Å². The Bertz CT molecular complexity index is 378. The van der Waals surface area contributed by atoms with E-state index in [2.05, 4.69) is 29.2 Å². The van der Waals surface area contributed by atoms with Crippen molar-refractivity contribution in [1.82, 2.24) is 15.1 Å². The topological polar surface area (TPSA) is 38.7 Å². The summed E-state index contributed by atoms with van der Waals surface area (Å²) in [7, 11) is 8.17. The van der Waals surface area contributed by atoms with Crippen molar-refractivity contribution in [3.8, 4) is 5.75 Å². The zero-order chi connectivity index (χ0) is 14.3. The van der Waals surface area contributed by atoms with Gasteiger partial charge in [-0.2, -0.15) is 0 Å². The molecule has 19 heavy (non-hydrogen) atoms. The first-order valence-corrected chi connectivity index (χ1v) is 6.80. The smallest absolute Gasteiger partial charge is 0.124 e. The van der Waals surface area contributed by atoms with Gasteiger partial charge in [0.1, 0.15) is 5.75 Å². The molecule has 0 unspecified atom stereocenters. The molecule has 0 aromatic heterocycles. The lowest BCUT2D eigenvalue weighted by atomic mass is 10.1. The third-order valence-electron chi connectivity index (χ3n) is 2.96. The highest BCUT2D eigenvalue weighted by Crippen LogP contribution is 2.23. The van der Waals surface area contributed by atoms with Crippen molar-refractivity contribution in [1.29, 1.82) is 0 Å². The van der Waals surface area contributed by atoms with Gasteiger partial charge in [-0.1, -0.05) is 18.2 Å². The summed E-state index contributed by atoms with van der Waals surface area (Å²) in [6.07, 6.45) is 1.12. The Kier molecular flexibility index (Phi) is 6.84. The van der Waals surface area contributed by atoms with Gasteiger partial charge in [-0.15, -0.1) is 0 Å².